The molecule has 0 saturated carbocycles. The van der Waals surface area contributed by atoms with Gasteiger partial charge in [-0.2, -0.15) is 12.7 Å². The third kappa shape index (κ3) is 7.22. The number of benzene rings is 2. The van der Waals surface area contributed by atoms with Gasteiger partial charge in [0.25, 0.3) is 0 Å². The molecule has 0 aromatic heterocycles. The van der Waals surface area contributed by atoms with Crippen LogP contribution >= 0.6 is 0 Å². The molecule has 0 radical (unpaired) electrons. The average molecular weight is 511 g/mol. The van der Waals surface area contributed by atoms with Crippen molar-refractivity contribution < 1.29 is 26.8 Å². The van der Waals surface area contributed by atoms with E-state index >= 15 is 0 Å². The first-order valence-corrected chi connectivity index (χ1v) is 12.3. The maximum Gasteiger partial charge on any atom is 0.304 e. The summed E-state index contributed by atoms with van der Waals surface area (Å²) in [5, 5.41) is 2.77. The van der Waals surface area contributed by atoms with E-state index in [-0.39, 0.29) is 17.8 Å². The van der Waals surface area contributed by atoms with Crippen molar-refractivity contribution in [1.29, 1.82) is 0 Å². The van der Waals surface area contributed by atoms with E-state index in [1.54, 1.807) is 26.8 Å². The maximum absolute atomic E-state index is 14.6. The van der Waals surface area contributed by atoms with Gasteiger partial charge in [0.05, 0.1) is 5.69 Å². The molecule has 0 unspecified atom stereocenters. The van der Waals surface area contributed by atoms with Crippen LogP contribution in [0.25, 0.3) is 0 Å². The van der Waals surface area contributed by atoms with Crippen molar-refractivity contribution in [2.75, 3.05) is 24.9 Å². The highest BCUT2D eigenvalue weighted by atomic mass is 32.2. The highest BCUT2D eigenvalue weighted by Crippen LogP contribution is 2.24. The van der Waals surface area contributed by atoms with Gasteiger partial charge >= 0.3 is 10.2 Å². The maximum atomic E-state index is 14.6. The summed E-state index contributed by atoms with van der Waals surface area (Å²) < 4.78 is 56.5. The first-order chi connectivity index (χ1) is 16.1. The van der Waals surface area contributed by atoms with E-state index in [9.17, 15) is 26.8 Å². The van der Waals surface area contributed by atoms with Gasteiger partial charge in [0, 0.05) is 31.7 Å². The lowest BCUT2D eigenvalue weighted by Gasteiger charge is -2.34. The van der Waals surface area contributed by atoms with Gasteiger partial charge in [0.1, 0.15) is 24.2 Å². The zero-order valence-corrected chi connectivity index (χ0v) is 21.6. The number of carbonyl (C=O) groups excluding carboxylic acids is 2. The minimum absolute atomic E-state index is 0.143. The fourth-order valence-electron chi connectivity index (χ4n) is 3.22. The van der Waals surface area contributed by atoms with Crippen molar-refractivity contribution in [3.8, 4) is 0 Å². The number of para-hydroxylation sites is 1. The van der Waals surface area contributed by atoms with Crippen LogP contribution in [0.15, 0.2) is 48.5 Å². The van der Waals surface area contributed by atoms with Gasteiger partial charge in [-0.3, -0.25) is 9.59 Å². The molecule has 192 valence electrons. The summed E-state index contributed by atoms with van der Waals surface area (Å²) in [6.45, 7) is 5.67. The Bertz CT molecular complexity index is 1170. The summed E-state index contributed by atoms with van der Waals surface area (Å²) in [5.41, 5.74) is -0.790. The molecule has 2 rings (SSSR count). The Hall–Kier alpha value is -3.05. The van der Waals surface area contributed by atoms with Crippen molar-refractivity contribution in [2.24, 2.45) is 0 Å². The second kappa shape index (κ2) is 11.1. The van der Waals surface area contributed by atoms with Crippen LogP contribution < -0.4 is 9.62 Å². The second-order valence-corrected chi connectivity index (χ2v) is 11.3. The average Bonchev–Trinajstić information content (AvgIpc) is 2.75. The first kappa shape index (κ1) is 28.2. The number of carbonyl (C=O) groups is 2. The lowest BCUT2D eigenvalue weighted by Crippen LogP contribution is -2.55. The molecule has 2 aromatic carbocycles. The Morgan fingerprint density at radius 1 is 0.971 bits per heavy atom. The number of halogens is 2. The van der Waals surface area contributed by atoms with Gasteiger partial charge in [-0.05, 0) is 45.9 Å². The quantitative estimate of drug-likeness (QED) is 0.562. The van der Waals surface area contributed by atoms with E-state index in [4.69, 9.17) is 0 Å². The molecule has 0 aliphatic heterocycles. The first-order valence-electron chi connectivity index (χ1n) is 10.9. The van der Waals surface area contributed by atoms with E-state index < -0.39 is 51.8 Å². The van der Waals surface area contributed by atoms with Gasteiger partial charge in [-0.1, -0.05) is 30.3 Å². The molecule has 0 bridgehead atoms. The van der Waals surface area contributed by atoms with E-state index in [2.05, 4.69) is 5.32 Å². The molecule has 2 aromatic rings. The summed E-state index contributed by atoms with van der Waals surface area (Å²) >= 11 is 0. The normalized spacial score (nSPS) is 12.8. The topological polar surface area (TPSA) is 90.0 Å². The highest BCUT2D eigenvalue weighted by Gasteiger charge is 2.34. The van der Waals surface area contributed by atoms with Crippen LogP contribution in [-0.2, 0) is 26.3 Å². The van der Waals surface area contributed by atoms with Gasteiger partial charge < -0.3 is 10.2 Å². The fourth-order valence-corrected chi connectivity index (χ4v) is 4.29. The van der Waals surface area contributed by atoms with E-state index in [0.717, 1.165) is 15.3 Å². The van der Waals surface area contributed by atoms with Gasteiger partial charge in [-0.25, -0.2) is 13.1 Å². The van der Waals surface area contributed by atoms with Crippen molar-refractivity contribution in [3.63, 3.8) is 0 Å². The Morgan fingerprint density at radius 3 is 2.03 bits per heavy atom. The van der Waals surface area contributed by atoms with Crippen molar-refractivity contribution >= 4 is 27.7 Å². The molecular formula is C24H32F2N4O4S. The predicted octanol–water partition coefficient (Wildman–Crippen LogP) is 2.91. The molecule has 0 fully saturated rings. The Labute approximate surface area is 205 Å². The predicted molar refractivity (Wildman–Crippen MR) is 131 cm³/mol. The van der Waals surface area contributed by atoms with Gasteiger partial charge in [-0.15, -0.1) is 0 Å². The van der Waals surface area contributed by atoms with Crippen LogP contribution in [-0.4, -0.2) is 61.7 Å². The third-order valence-corrected chi connectivity index (χ3v) is 6.91. The molecule has 1 N–H and O–H groups in total. The summed E-state index contributed by atoms with van der Waals surface area (Å²) in [7, 11) is -1.79. The minimum atomic E-state index is -4.29. The minimum Gasteiger partial charge on any atom is -0.350 e. The number of rotatable bonds is 9. The largest absolute Gasteiger partial charge is 0.350 e. The molecule has 0 heterocycles. The second-order valence-electron chi connectivity index (χ2n) is 9.28. The lowest BCUT2D eigenvalue weighted by molar-refractivity contribution is -0.140. The summed E-state index contributed by atoms with van der Waals surface area (Å²) in [6.07, 6.45) is 0. The van der Waals surface area contributed by atoms with Crippen LogP contribution in [0.2, 0.25) is 0 Å². The molecule has 1 atom stereocenters. The molecular weight excluding hydrogens is 478 g/mol. The Balaban J connectivity index is 2.50. The smallest absolute Gasteiger partial charge is 0.304 e. The summed E-state index contributed by atoms with van der Waals surface area (Å²) in [6, 6.07) is 9.84. The zero-order chi connectivity index (χ0) is 26.6. The van der Waals surface area contributed by atoms with Gasteiger partial charge in [0.15, 0.2) is 0 Å². The third-order valence-electron chi connectivity index (χ3n) is 5.10. The van der Waals surface area contributed by atoms with Crippen LogP contribution in [0.4, 0.5) is 14.5 Å². The standard InChI is InChI=1S/C24H32F2N4O4S/c1-17(23(32)27-24(2,3)4)29(15-18-11-7-8-12-19(18)25)22(31)16-30(35(33,34)28(5)6)21-14-10-9-13-20(21)26/h7-14,17H,15-16H2,1-6H3,(H,27,32)/t17-/m0/s1. The van der Waals surface area contributed by atoms with Crippen LogP contribution in [0, 0.1) is 11.6 Å². The number of hydrogen-bond acceptors (Lipinski definition) is 4. The van der Waals surface area contributed by atoms with Crippen LogP contribution in [0.5, 0.6) is 0 Å². The molecule has 0 aliphatic rings. The number of hydrogen-bond donors (Lipinski definition) is 1. The number of anilines is 1. The van der Waals surface area contributed by atoms with Crippen molar-refractivity contribution in [3.05, 3.63) is 65.7 Å². The van der Waals surface area contributed by atoms with Gasteiger partial charge in [0.2, 0.25) is 11.8 Å². The Morgan fingerprint density at radius 2 is 1.51 bits per heavy atom. The molecule has 0 spiro atoms. The van der Waals surface area contributed by atoms with Crippen LogP contribution in [0.1, 0.15) is 33.3 Å². The summed E-state index contributed by atoms with van der Waals surface area (Å²) in [5.74, 6) is -2.74. The van der Waals surface area contributed by atoms with E-state index in [0.29, 0.717) is 4.31 Å². The van der Waals surface area contributed by atoms with Crippen molar-refractivity contribution in [2.45, 2.75) is 45.8 Å². The number of amides is 2. The van der Waals surface area contributed by atoms with E-state index in [1.165, 1.54) is 57.4 Å². The molecule has 0 aliphatic carbocycles. The lowest BCUT2D eigenvalue weighted by atomic mass is 10.1. The molecule has 11 heteroatoms. The molecule has 35 heavy (non-hydrogen) atoms. The molecule has 8 nitrogen and oxygen atoms in total. The number of nitrogens with zero attached hydrogens (tertiary/aromatic N) is 3. The fraction of sp³-hybridized carbons (Fsp3) is 0.417. The Kier molecular flexibility index (Phi) is 8.96. The monoisotopic (exact) mass is 510 g/mol. The summed E-state index contributed by atoms with van der Waals surface area (Å²) in [4.78, 5) is 27.5. The molecule has 0 saturated heterocycles. The van der Waals surface area contributed by atoms with Crippen molar-refractivity contribution in [1.82, 2.24) is 14.5 Å². The van der Waals surface area contributed by atoms with Crippen LogP contribution in [0.3, 0.4) is 0 Å². The number of nitrogens with one attached hydrogen (secondary N) is 1. The SMILES string of the molecule is C[C@@H](C(=O)NC(C)(C)C)N(Cc1ccccc1F)C(=O)CN(c1ccccc1F)S(=O)(=O)N(C)C. The van der Waals surface area contributed by atoms with E-state index in [1.807, 2.05) is 0 Å². The molecule has 2 amide bonds. The highest BCUT2D eigenvalue weighted by molar-refractivity contribution is 7.90. The zero-order valence-electron chi connectivity index (χ0n) is 20.7.